The first-order chi connectivity index (χ1) is 9.29. The van der Waals surface area contributed by atoms with E-state index in [2.05, 4.69) is 19.2 Å². The zero-order valence-electron chi connectivity index (χ0n) is 12.9. The number of carbonyl (C=O) groups excluding carboxylic acids is 1. The van der Waals surface area contributed by atoms with Crippen LogP contribution in [0.2, 0.25) is 0 Å². The van der Waals surface area contributed by atoms with Gasteiger partial charge in [-0.3, -0.25) is 4.90 Å². The second kappa shape index (κ2) is 7.20. The summed E-state index contributed by atoms with van der Waals surface area (Å²) in [7, 11) is 0. The Hall–Kier alpha value is -0.910. The van der Waals surface area contributed by atoms with Crippen molar-refractivity contribution in [1.82, 2.24) is 10.2 Å². The predicted molar refractivity (Wildman–Crippen MR) is 81.8 cm³/mol. The summed E-state index contributed by atoms with van der Waals surface area (Å²) in [4.78, 5) is 25.3. The predicted octanol–water partition coefficient (Wildman–Crippen LogP) is 2.61. The molecule has 1 rings (SSSR count). The molecule has 2 N–H and O–H groups in total. The van der Waals surface area contributed by atoms with E-state index in [1.165, 1.54) is 4.90 Å². The first kappa shape index (κ1) is 17.1. The van der Waals surface area contributed by atoms with Crippen LogP contribution in [0.1, 0.15) is 41.0 Å². The number of hydrogen-bond acceptors (Lipinski definition) is 3. The third kappa shape index (κ3) is 3.81. The summed E-state index contributed by atoms with van der Waals surface area (Å²) in [6.45, 7) is 10.2. The lowest BCUT2D eigenvalue weighted by molar-refractivity contribution is -0.141. The van der Waals surface area contributed by atoms with E-state index >= 15 is 0 Å². The van der Waals surface area contributed by atoms with Crippen LogP contribution in [-0.4, -0.2) is 45.2 Å². The molecule has 1 aliphatic rings. The number of carbonyl (C=O) groups is 2. The van der Waals surface area contributed by atoms with Gasteiger partial charge in [0, 0.05) is 11.8 Å². The molecular formula is C14H26N2O3S. The lowest BCUT2D eigenvalue weighted by Crippen LogP contribution is -2.54. The SMILES string of the molecule is CCC(NC(=O)N1C(C(=O)O)CSC1C(C)C)C(C)C. The molecule has 0 spiro atoms. The Bertz CT molecular complexity index is 360. The van der Waals surface area contributed by atoms with Gasteiger partial charge in [0.2, 0.25) is 0 Å². The maximum absolute atomic E-state index is 12.5. The average molecular weight is 302 g/mol. The molecule has 6 heteroatoms. The Morgan fingerprint density at radius 3 is 2.35 bits per heavy atom. The number of hydrogen-bond donors (Lipinski definition) is 2. The normalized spacial score (nSPS) is 24.2. The van der Waals surface area contributed by atoms with Crippen LogP contribution < -0.4 is 5.32 Å². The molecule has 1 saturated heterocycles. The molecule has 1 aliphatic heterocycles. The van der Waals surface area contributed by atoms with Gasteiger partial charge in [0.1, 0.15) is 6.04 Å². The Morgan fingerprint density at radius 2 is 1.95 bits per heavy atom. The molecule has 1 fully saturated rings. The highest BCUT2D eigenvalue weighted by Crippen LogP contribution is 2.34. The molecule has 1 heterocycles. The standard InChI is InChI=1S/C14H26N2O3S/c1-6-10(8(2)3)15-14(19)16-11(13(17)18)7-20-12(16)9(4)5/h8-12H,6-7H2,1-5H3,(H,15,19)(H,17,18). The monoisotopic (exact) mass is 302 g/mol. The van der Waals surface area contributed by atoms with E-state index in [0.29, 0.717) is 11.7 Å². The zero-order chi connectivity index (χ0) is 15.4. The minimum atomic E-state index is -0.923. The van der Waals surface area contributed by atoms with Crippen molar-refractivity contribution < 1.29 is 14.7 Å². The minimum Gasteiger partial charge on any atom is -0.480 e. The van der Waals surface area contributed by atoms with Crippen molar-refractivity contribution >= 4 is 23.8 Å². The molecule has 3 atom stereocenters. The highest BCUT2D eigenvalue weighted by atomic mass is 32.2. The van der Waals surface area contributed by atoms with Gasteiger partial charge < -0.3 is 10.4 Å². The molecule has 116 valence electrons. The Kier molecular flexibility index (Phi) is 6.17. The van der Waals surface area contributed by atoms with Crippen molar-refractivity contribution in [2.45, 2.75) is 58.5 Å². The van der Waals surface area contributed by atoms with Crippen LogP contribution >= 0.6 is 11.8 Å². The van der Waals surface area contributed by atoms with Gasteiger partial charge in [-0.1, -0.05) is 34.6 Å². The summed E-state index contributed by atoms with van der Waals surface area (Å²) in [6.07, 6.45) is 0.842. The topological polar surface area (TPSA) is 69.6 Å². The van der Waals surface area contributed by atoms with Gasteiger partial charge in [0.15, 0.2) is 0 Å². The number of thioether (sulfide) groups is 1. The van der Waals surface area contributed by atoms with E-state index in [1.807, 2.05) is 20.8 Å². The fraction of sp³-hybridized carbons (Fsp3) is 0.857. The number of aliphatic carboxylic acids is 1. The fourth-order valence-electron chi connectivity index (χ4n) is 2.46. The number of amides is 2. The van der Waals surface area contributed by atoms with Crippen LogP contribution in [0.25, 0.3) is 0 Å². The first-order valence-electron chi connectivity index (χ1n) is 7.22. The molecule has 0 aromatic rings. The highest BCUT2D eigenvalue weighted by molar-refractivity contribution is 8.00. The van der Waals surface area contributed by atoms with Gasteiger partial charge in [-0.05, 0) is 18.3 Å². The van der Waals surface area contributed by atoms with Crippen LogP contribution in [0.3, 0.4) is 0 Å². The number of rotatable bonds is 5. The first-order valence-corrected chi connectivity index (χ1v) is 8.27. The molecule has 0 aromatic carbocycles. The molecule has 0 saturated carbocycles. The van der Waals surface area contributed by atoms with Crippen LogP contribution in [0.4, 0.5) is 4.79 Å². The third-order valence-electron chi connectivity index (χ3n) is 3.68. The highest BCUT2D eigenvalue weighted by Gasteiger charge is 2.43. The van der Waals surface area contributed by atoms with E-state index in [9.17, 15) is 14.7 Å². The van der Waals surface area contributed by atoms with Crippen LogP contribution in [-0.2, 0) is 4.79 Å². The van der Waals surface area contributed by atoms with Crippen molar-refractivity contribution in [2.75, 3.05) is 5.75 Å². The molecule has 20 heavy (non-hydrogen) atoms. The Balaban J connectivity index is 2.86. The van der Waals surface area contributed by atoms with Crippen LogP contribution in [0.15, 0.2) is 0 Å². The Morgan fingerprint density at radius 1 is 1.35 bits per heavy atom. The lowest BCUT2D eigenvalue weighted by Gasteiger charge is -2.32. The molecular weight excluding hydrogens is 276 g/mol. The second-order valence-electron chi connectivity index (χ2n) is 5.94. The van der Waals surface area contributed by atoms with Gasteiger partial charge in [-0.2, -0.15) is 0 Å². The van der Waals surface area contributed by atoms with Crippen molar-refractivity contribution in [3.05, 3.63) is 0 Å². The van der Waals surface area contributed by atoms with Gasteiger partial charge in [-0.25, -0.2) is 9.59 Å². The maximum atomic E-state index is 12.5. The molecule has 0 bridgehead atoms. The summed E-state index contributed by atoms with van der Waals surface area (Å²) in [5, 5.41) is 12.2. The quantitative estimate of drug-likeness (QED) is 0.819. The molecule has 0 aromatic heterocycles. The number of carboxylic acid groups (broad SMARTS) is 1. The van der Waals surface area contributed by atoms with Gasteiger partial charge in [-0.15, -0.1) is 11.8 Å². The van der Waals surface area contributed by atoms with Gasteiger partial charge >= 0.3 is 12.0 Å². The van der Waals surface area contributed by atoms with Gasteiger partial charge in [0.25, 0.3) is 0 Å². The molecule has 0 aliphatic carbocycles. The number of urea groups is 1. The molecule has 3 unspecified atom stereocenters. The zero-order valence-corrected chi connectivity index (χ0v) is 13.7. The second-order valence-corrected chi connectivity index (χ2v) is 7.09. The molecule has 5 nitrogen and oxygen atoms in total. The number of carboxylic acids is 1. The smallest absolute Gasteiger partial charge is 0.327 e. The fourth-order valence-corrected chi connectivity index (χ4v) is 3.93. The van der Waals surface area contributed by atoms with E-state index in [-0.39, 0.29) is 23.4 Å². The lowest BCUT2D eigenvalue weighted by atomic mass is 10.0. The van der Waals surface area contributed by atoms with E-state index in [0.717, 1.165) is 6.42 Å². The third-order valence-corrected chi connectivity index (χ3v) is 5.30. The summed E-state index contributed by atoms with van der Waals surface area (Å²) >= 11 is 1.55. The summed E-state index contributed by atoms with van der Waals surface area (Å²) in [5.74, 6) is 0.104. The van der Waals surface area contributed by atoms with E-state index in [4.69, 9.17) is 0 Å². The molecule has 0 radical (unpaired) electrons. The number of nitrogens with zero attached hydrogens (tertiary/aromatic N) is 1. The largest absolute Gasteiger partial charge is 0.480 e. The van der Waals surface area contributed by atoms with E-state index < -0.39 is 12.0 Å². The average Bonchev–Trinajstić information content (AvgIpc) is 2.80. The maximum Gasteiger partial charge on any atom is 0.327 e. The van der Waals surface area contributed by atoms with Crippen LogP contribution in [0.5, 0.6) is 0 Å². The Labute approximate surface area is 125 Å². The van der Waals surface area contributed by atoms with Crippen molar-refractivity contribution in [3.8, 4) is 0 Å². The number of nitrogens with one attached hydrogen (secondary N) is 1. The van der Waals surface area contributed by atoms with Gasteiger partial charge in [0.05, 0.1) is 5.37 Å². The molecule has 2 amide bonds. The van der Waals surface area contributed by atoms with Crippen molar-refractivity contribution in [2.24, 2.45) is 11.8 Å². The van der Waals surface area contributed by atoms with Crippen molar-refractivity contribution in [3.63, 3.8) is 0 Å². The summed E-state index contributed by atoms with van der Waals surface area (Å²) < 4.78 is 0. The summed E-state index contributed by atoms with van der Waals surface area (Å²) in [6, 6.07) is -0.894. The van der Waals surface area contributed by atoms with Crippen LogP contribution in [0, 0.1) is 11.8 Å². The van der Waals surface area contributed by atoms with Crippen molar-refractivity contribution in [1.29, 1.82) is 0 Å². The van der Waals surface area contributed by atoms with E-state index in [1.54, 1.807) is 11.8 Å². The minimum absolute atomic E-state index is 0.0687. The summed E-state index contributed by atoms with van der Waals surface area (Å²) in [5.41, 5.74) is 0.